The van der Waals surface area contributed by atoms with E-state index in [0.717, 1.165) is 28.2 Å². The summed E-state index contributed by atoms with van der Waals surface area (Å²) in [7, 11) is 1.61. The molecule has 0 fully saturated rings. The zero-order valence-electron chi connectivity index (χ0n) is 19.0. The predicted molar refractivity (Wildman–Crippen MR) is 129 cm³/mol. The van der Waals surface area contributed by atoms with Gasteiger partial charge < -0.3 is 14.8 Å². The Hall–Kier alpha value is -4.06. The van der Waals surface area contributed by atoms with Crippen molar-refractivity contribution in [2.24, 2.45) is 0 Å². The van der Waals surface area contributed by atoms with E-state index >= 15 is 0 Å². The Balaban J connectivity index is 1.46. The van der Waals surface area contributed by atoms with Crippen LogP contribution in [0.2, 0.25) is 0 Å². The van der Waals surface area contributed by atoms with Gasteiger partial charge in [-0.15, -0.1) is 0 Å². The maximum absolute atomic E-state index is 13.0. The van der Waals surface area contributed by atoms with E-state index in [4.69, 9.17) is 9.47 Å². The highest BCUT2D eigenvalue weighted by atomic mass is 16.5. The highest BCUT2D eigenvalue weighted by molar-refractivity contribution is 6.05. The van der Waals surface area contributed by atoms with Crippen LogP contribution in [0.15, 0.2) is 78.9 Å². The summed E-state index contributed by atoms with van der Waals surface area (Å²) < 4.78 is 13.1. The molecular weight excluding hydrogens is 414 g/mol. The minimum atomic E-state index is -0.181. The van der Waals surface area contributed by atoms with E-state index in [2.05, 4.69) is 22.5 Å². The zero-order chi connectivity index (χ0) is 23.2. The Bertz CT molecular complexity index is 1250. The lowest BCUT2D eigenvalue weighted by Gasteiger charge is -2.11. The first-order chi connectivity index (χ1) is 16.0. The van der Waals surface area contributed by atoms with Crippen molar-refractivity contribution in [1.29, 1.82) is 0 Å². The van der Waals surface area contributed by atoms with Gasteiger partial charge in [-0.3, -0.25) is 9.48 Å². The SMILES string of the molecule is COc1ccccc1OCc1cccc(C(=O)Nc2c(C)nn(Cc3ccccc3)c2C)c1. The first-order valence-corrected chi connectivity index (χ1v) is 10.8. The fourth-order valence-electron chi connectivity index (χ4n) is 3.68. The van der Waals surface area contributed by atoms with Gasteiger partial charge in [0.1, 0.15) is 6.61 Å². The third-order valence-electron chi connectivity index (χ3n) is 5.45. The van der Waals surface area contributed by atoms with E-state index in [1.165, 1.54) is 0 Å². The van der Waals surface area contributed by atoms with Gasteiger partial charge in [0.05, 0.1) is 30.7 Å². The second kappa shape index (κ2) is 10.0. The van der Waals surface area contributed by atoms with Crippen LogP contribution in [0.1, 0.15) is 32.9 Å². The van der Waals surface area contributed by atoms with E-state index in [9.17, 15) is 4.79 Å². The smallest absolute Gasteiger partial charge is 0.255 e. The summed E-state index contributed by atoms with van der Waals surface area (Å²) in [6.07, 6.45) is 0. The number of nitrogens with one attached hydrogen (secondary N) is 1. The average Bonchev–Trinajstić information content (AvgIpc) is 3.11. The van der Waals surface area contributed by atoms with Crippen molar-refractivity contribution in [3.8, 4) is 11.5 Å². The van der Waals surface area contributed by atoms with E-state index in [-0.39, 0.29) is 5.91 Å². The molecule has 1 aromatic heterocycles. The number of ether oxygens (including phenoxy) is 2. The molecule has 0 aliphatic heterocycles. The van der Waals surface area contributed by atoms with Gasteiger partial charge in [0.25, 0.3) is 5.91 Å². The summed E-state index contributed by atoms with van der Waals surface area (Å²) in [5.74, 6) is 1.15. The maximum Gasteiger partial charge on any atom is 0.255 e. The molecular formula is C27H27N3O3. The highest BCUT2D eigenvalue weighted by Crippen LogP contribution is 2.27. The monoisotopic (exact) mass is 441 g/mol. The topological polar surface area (TPSA) is 65.4 Å². The number of hydrogen-bond acceptors (Lipinski definition) is 4. The van der Waals surface area contributed by atoms with Gasteiger partial charge in [-0.2, -0.15) is 5.10 Å². The number of carbonyl (C=O) groups excluding carboxylic acids is 1. The standard InChI is InChI=1S/C27H27N3O3/c1-19-26(20(2)30(29-19)17-21-10-5-4-6-11-21)28-27(31)23-13-9-12-22(16-23)18-33-25-15-8-7-14-24(25)32-3/h4-16H,17-18H2,1-3H3,(H,28,31). The second-order valence-electron chi connectivity index (χ2n) is 7.78. The predicted octanol–water partition coefficient (Wildman–Crippen LogP) is 5.39. The summed E-state index contributed by atoms with van der Waals surface area (Å²) >= 11 is 0. The molecule has 0 radical (unpaired) electrons. The molecule has 0 saturated carbocycles. The van der Waals surface area contributed by atoms with E-state index < -0.39 is 0 Å². The van der Waals surface area contributed by atoms with Gasteiger partial charge in [-0.25, -0.2) is 0 Å². The van der Waals surface area contributed by atoms with Crippen LogP contribution in [0.5, 0.6) is 11.5 Å². The Morgan fingerprint density at radius 3 is 2.36 bits per heavy atom. The van der Waals surface area contributed by atoms with Gasteiger partial charge >= 0.3 is 0 Å². The van der Waals surface area contributed by atoms with Crippen LogP contribution in [-0.4, -0.2) is 22.8 Å². The number of amides is 1. The lowest BCUT2D eigenvalue weighted by molar-refractivity contribution is 0.102. The summed E-state index contributed by atoms with van der Waals surface area (Å²) in [5, 5.41) is 7.66. The molecule has 0 spiro atoms. The van der Waals surface area contributed by atoms with Crippen LogP contribution in [0.4, 0.5) is 5.69 Å². The van der Waals surface area contributed by atoms with Crippen LogP contribution < -0.4 is 14.8 Å². The molecule has 0 bridgehead atoms. The van der Waals surface area contributed by atoms with Crippen LogP contribution in [0.3, 0.4) is 0 Å². The van der Waals surface area contributed by atoms with Gasteiger partial charge in [0, 0.05) is 5.56 Å². The number of hydrogen-bond donors (Lipinski definition) is 1. The van der Waals surface area contributed by atoms with Gasteiger partial charge in [0.2, 0.25) is 0 Å². The fraction of sp³-hybridized carbons (Fsp3) is 0.185. The Kier molecular flexibility index (Phi) is 6.74. The summed E-state index contributed by atoms with van der Waals surface area (Å²) in [6.45, 7) is 4.85. The van der Waals surface area contributed by atoms with Gasteiger partial charge in [-0.1, -0.05) is 54.6 Å². The largest absolute Gasteiger partial charge is 0.493 e. The first-order valence-electron chi connectivity index (χ1n) is 10.8. The maximum atomic E-state index is 13.0. The number of aromatic nitrogens is 2. The van der Waals surface area contributed by atoms with Crippen LogP contribution in [0.25, 0.3) is 0 Å². The van der Waals surface area contributed by atoms with Crippen molar-refractivity contribution >= 4 is 11.6 Å². The molecule has 0 saturated heterocycles. The number of benzene rings is 3. The third-order valence-corrected chi connectivity index (χ3v) is 5.45. The van der Waals surface area contributed by atoms with Crippen molar-refractivity contribution in [2.75, 3.05) is 12.4 Å². The number of methoxy groups -OCH3 is 1. The fourth-order valence-corrected chi connectivity index (χ4v) is 3.68. The Labute approximate surface area is 193 Å². The van der Waals surface area contributed by atoms with E-state index in [0.29, 0.717) is 30.2 Å². The molecule has 0 atom stereocenters. The number of para-hydroxylation sites is 2. The molecule has 0 aliphatic carbocycles. The molecule has 33 heavy (non-hydrogen) atoms. The summed E-state index contributed by atoms with van der Waals surface area (Å²) in [5.41, 5.74) is 5.05. The molecule has 1 heterocycles. The summed E-state index contributed by atoms with van der Waals surface area (Å²) in [4.78, 5) is 13.0. The number of anilines is 1. The molecule has 6 heteroatoms. The Morgan fingerprint density at radius 2 is 1.61 bits per heavy atom. The molecule has 1 amide bonds. The first kappa shape index (κ1) is 22.1. The van der Waals surface area contributed by atoms with Gasteiger partial charge in [0.15, 0.2) is 11.5 Å². The molecule has 0 aliphatic rings. The Morgan fingerprint density at radius 1 is 0.909 bits per heavy atom. The highest BCUT2D eigenvalue weighted by Gasteiger charge is 2.16. The molecule has 0 unspecified atom stereocenters. The lowest BCUT2D eigenvalue weighted by Crippen LogP contribution is -2.14. The van der Waals surface area contributed by atoms with Gasteiger partial charge in [-0.05, 0) is 49.2 Å². The molecule has 4 aromatic rings. The third kappa shape index (κ3) is 5.23. The number of aryl methyl sites for hydroxylation is 1. The summed E-state index contributed by atoms with van der Waals surface area (Å²) in [6, 6.07) is 25.0. The van der Waals surface area contributed by atoms with Crippen molar-refractivity contribution in [3.63, 3.8) is 0 Å². The molecule has 1 N–H and O–H groups in total. The zero-order valence-corrected chi connectivity index (χ0v) is 19.0. The van der Waals surface area contributed by atoms with E-state index in [1.807, 2.05) is 79.2 Å². The van der Waals surface area contributed by atoms with Crippen LogP contribution in [-0.2, 0) is 13.2 Å². The second-order valence-corrected chi connectivity index (χ2v) is 7.78. The van der Waals surface area contributed by atoms with Crippen molar-refractivity contribution in [3.05, 3.63) is 107 Å². The van der Waals surface area contributed by atoms with Crippen molar-refractivity contribution < 1.29 is 14.3 Å². The molecule has 3 aromatic carbocycles. The van der Waals surface area contributed by atoms with Crippen molar-refractivity contribution in [1.82, 2.24) is 9.78 Å². The lowest BCUT2D eigenvalue weighted by atomic mass is 10.1. The normalized spacial score (nSPS) is 10.6. The molecule has 4 rings (SSSR count). The van der Waals surface area contributed by atoms with Crippen LogP contribution in [0, 0.1) is 13.8 Å². The van der Waals surface area contributed by atoms with E-state index in [1.54, 1.807) is 13.2 Å². The number of carbonyl (C=O) groups is 1. The quantitative estimate of drug-likeness (QED) is 0.398. The minimum absolute atomic E-state index is 0.181. The molecule has 6 nitrogen and oxygen atoms in total. The minimum Gasteiger partial charge on any atom is -0.493 e. The van der Waals surface area contributed by atoms with Crippen LogP contribution >= 0.6 is 0 Å². The van der Waals surface area contributed by atoms with Crippen molar-refractivity contribution in [2.45, 2.75) is 27.0 Å². The number of nitrogens with zero attached hydrogens (tertiary/aromatic N) is 2. The number of rotatable bonds is 8. The molecule has 168 valence electrons. The average molecular weight is 442 g/mol.